The minimum atomic E-state index is -0.196. The van der Waals surface area contributed by atoms with Crippen molar-refractivity contribution >= 4 is 35.0 Å². The first-order chi connectivity index (χ1) is 7.90. The number of rotatable bonds is 4. The van der Waals surface area contributed by atoms with Crippen molar-refractivity contribution in [2.24, 2.45) is 0 Å². The Kier molecular flexibility index (Phi) is 5.15. The summed E-state index contributed by atoms with van der Waals surface area (Å²) in [6.45, 7) is 5.72. The van der Waals surface area contributed by atoms with E-state index in [0.717, 1.165) is 4.90 Å². The molecule has 3 N–H and O–H groups in total. The van der Waals surface area contributed by atoms with Crippen molar-refractivity contribution < 1.29 is 4.79 Å². The Balaban J connectivity index is 2.70. The number of carbonyl (C=O) groups excluding carboxylic acids is 1. The van der Waals surface area contributed by atoms with E-state index in [-0.39, 0.29) is 17.2 Å². The Morgan fingerprint density at radius 3 is 2.65 bits per heavy atom. The highest BCUT2D eigenvalue weighted by Crippen LogP contribution is 2.31. The van der Waals surface area contributed by atoms with Crippen LogP contribution in [0.5, 0.6) is 0 Å². The summed E-state index contributed by atoms with van der Waals surface area (Å²) < 4.78 is 0. The third-order valence-electron chi connectivity index (χ3n) is 2.08. The van der Waals surface area contributed by atoms with Crippen LogP contribution in [0, 0.1) is 0 Å². The average Bonchev–Trinajstić information content (AvgIpc) is 2.22. The molecule has 17 heavy (non-hydrogen) atoms. The van der Waals surface area contributed by atoms with E-state index in [9.17, 15) is 4.79 Å². The molecule has 94 valence electrons. The molecule has 1 aromatic rings. The number of nitrogens with two attached hydrogens (primary N) is 1. The SMILES string of the molecule is CC(C)NC(=O)C(C)Sc1cc(Cl)ccc1N. The number of amides is 1. The van der Waals surface area contributed by atoms with Crippen molar-refractivity contribution in [1.29, 1.82) is 0 Å². The molecule has 1 unspecified atom stereocenters. The molecule has 0 saturated carbocycles. The van der Waals surface area contributed by atoms with Crippen LogP contribution in [0.3, 0.4) is 0 Å². The summed E-state index contributed by atoms with van der Waals surface area (Å²) in [7, 11) is 0. The minimum absolute atomic E-state index is 0.00405. The van der Waals surface area contributed by atoms with Crippen LogP contribution in [0.2, 0.25) is 5.02 Å². The zero-order chi connectivity index (χ0) is 13.0. The third kappa shape index (κ3) is 4.48. The van der Waals surface area contributed by atoms with Crippen molar-refractivity contribution in [3.05, 3.63) is 23.2 Å². The second-order valence-electron chi connectivity index (χ2n) is 4.11. The molecule has 1 atom stereocenters. The lowest BCUT2D eigenvalue weighted by molar-refractivity contribution is -0.120. The van der Waals surface area contributed by atoms with Crippen LogP contribution in [0.1, 0.15) is 20.8 Å². The molecular weight excluding hydrogens is 256 g/mol. The lowest BCUT2D eigenvalue weighted by Crippen LogP contribution is -2.35. The molecule has 1 aromatic carbocycles. The first-order valence-electron chi connectivity index (χ1n) is 5.42. The van der Waals surface area contributed by atoms with E-state index >= 15 is 0 Å². The molecular formula is C12H17ClN2OS. The molecule has 0 heterocycles. The fourth-order valence-electron chi connectivity index (χ4n) is 1.26. The summed E-state index contributed by atoms with van der Waals surface area (Å²) in [6.07, 6.45) is 0. The maximum atomic E-state index is 11.7. The summed E-state index contributed by atoms with van der Waals surface area (Å²) in [4.78, 5) is 12.6. The summed E-state index contributed by atoms with van der Waals surface area (Å²) in [6, 6.07) is 5.40. The maximum absolute atomic E-state index is 11.7. The second kappa shape index (κ2) is 6.17. The lowest BCUT2D eigenvalue weighted by Gasteiger charge is -2.15. The first-order valence-corrected chi connectivity index (χ1v) is 6.68. The van der Waals surface area contributed by atoms with Gasteiger partial charge in [0.05, 0.1) is 5.25 Å². The van der Waals surface area contributed by atoms with E-state index in [1.165, 1.54) is 11.8 Å². The first kappa shape index (κ1) is 14.2. The topological polar surface area (TPSA) is 55.1 Å². The number of thioether (sulfide) groups is 1. The van der Waals surface area contributed by atoms with Gasteiger partial charge in [0.2, 0.25) is 5.91 Å². The summed E-state index contributed by atoms with van der Waals surface area (Å²) >= 11 is 7.31. The zero-order valence-corrected chi connectivity index (χ0v) is 11.7. The lowest BCUT2D eigenvalue weighted by atomic mass is 10.3. The van der Waals surface area contributed by atoms with Crippen LogP contribution in [-0.4, -0.2) is 17.2 Å². The number of hydrogen-bond donors (Lipinski definition) is 2. The molecule has 0 aliphatic heterocycles. The molecule has 3 nitrogen and oxygen atoms in total. The molecule has 5 heteroatoms. The van der Waals surface area contributed by atoms with Gasteiger partial charge in [0, 0.05) is 21.6 Å². The van der Waals surface area contributed by atoms with Gasteiger partial charge in [0.25, 0.3) is 0 Å². The highest BCUT2D eigenvalue weighted by Gasteiger charge is 2.16. The van der Waals surface area contributed by atoms with E-state index < -0.39 is 0 Å². The van der Waals surface area contributed by atoms with Gasteiger partial charge in [0.15, 0.2) is 0 Å². The fourth-order valence-corrected chi connectivity index (χ4v) is 2.45. The number of hydrogen-bond acceptors (Lipinski definition) is 3. The monoisotopic (exact) mass is 272 g/mol. The molecule has 0 bridgehead atoms. The highest BCUT2D eigenvalue weighted by atomic mass is 35.5. The molecule has 0 spiro atoms. The summed E-state index contributed by atoms with van der Waals surface area (Å²) in [5.41, 5.74) is 6.47. The average molecular weight is 273 g/mol. The number of halogens is 1. The molecule has 1 rings (SSSR count). The quantitative estimate of drug-likeness (QED) is 0.655. The highest BCUT2D eigenvalue weighted by molar-refractivity contribution is 8.00. The largest absolute Gasteiger partial charge is 0.398 e. The van der Waals surface area contributed by atoms with Gasteiger partial charge in [-0.1, -0.05) is 11.6 Å². The van der Waals surface area contributed by atoms with Crippen molar-refractivity contribution in [2.75, 3.05) is 5.73 Å². The van der Waals surface area contributed by atoms with Gasteiger partial charge in [-0.05, 0) is 39.0 Å². The van der Waals surface area contributed by atoms with Crippen LogP contribution in [0.25, 0.3) is 0 Å². The smallest absolute Gasteiger partial charge is 0.233 e. The van der Waals surface area contributed by atoms with E-state index in [4.69, 9.17) is 17.3 Å². The predicted octanol–water partition coefficient (Wildman–Crippen LogP) is 2.93. The molecule has 1 amide bonds. The Labute approximate surface area is 111 Å². The van der Waals surface area contributed by atoms with Gasteiger partial charge >= 0.3 is 0 Å². The molecule has 0 aliphatic rings. The van der Waals surface area contributed by atoms with Crippen molar-refractivity contribution in [3.8, 4) is 0 Å². The van der Waals surface area contributed by atoms with Crippen LogP contribution in [0.4, 0.5) is 5.69 Å². The zero-order valence-electron chi connectivity index (χ0n) is 10.2. The molecule has 0 fully saturated rings. The van der Waals surface area contributed by atoms with E-state index in [1.807, 2.05) is 20.8 Å². The third-order valence-corrected chi connectivity index (χ3v) is 3.49. The van der Waals surface area contributed by atoms with Crippen LogP contribution >= 0.6 is 23.4 Å². The Hall–Kier alpha value is -0.870. The molecule has 0 aromatic heterocycles. The Bertz CT molecular complexity index is 409. The van der Waals surface area contributed by atoms with Crippen LogP contribution in [-0.2, 0) is 4.79 Å². The van der Waals surface area contributed by atoms with Crippen molar-refractivity contribution in [3.63, 3.8) is 0 Å². The normalized spacial score (nSPS) is 12.5. The summed E-state index contributed by atoms with van der Waals surface area (Å²) in [5.74, 6) is 0.00405. The molecule has 0 saturated heterocycles. The van der Waals surface area contributed by atoms with Crippen molar-refractivity contribution in [2.45, 2.75) is 37.0 Å². The van der Waals surface area contributed by atoms with Gasteiger partial charge < -0.3 is 11.1 Å². The fraction of sp³-hybridized carbons (Fsp3) is 0.417. The van der Waals surface area contributed by atoms with Crippen LogP contribution in [0.15, 0.2) is 23.1 Å². The van der Waals surface area contributed by atoms with Crippen LogP contribution < -0.4 is 11.1 Å². The van der Waals surface area contributed by atoms with E-state index in [2.05, 4.69) is 5.32 Å². The second-order valence-corrected chi connectivity index (χ2v) is 5.92. The number of carbonyl (C=O) groups is 1. The minimum Gasteiger partial charge on any atom is -0.398 e. The number of benzene rings is 1. The van der Waals surface area contributed by atoms with E-state index in [0.29, 0.717) is 10.7 Å². The Morgan fingerprint density at radius 2 is 2.06 bits per heavy atom. The maximum Gasteiger partial charge on any atom is 0.233 e. The molecule has 0 aliphatic carbocycles. The van der Waals surface area contributed by atoms with E-state index in [1.54, 1.807) is 18.2 Å². The Morgan fingerprint density at radius 1 is 1.41 bits per heavy atom. The standard InChI is InChI=1S/C12H17ClN2OS/c1-7(2)15-12(16)8(3)17-11-6-9(13)4-5-10(11)14/h4-8H,14H2,1-3H3,(H,15,16). The van der Waals surface area contributed by atoms with Gasteiger partial charge in [-0.3, -0.25) is 4.79 Å². The van der Waals surface area contributed by atoms with Gasteiger partial charge in [0.1, 0.15) is 0 Å². The van der Waals surface area contributed by atoms with Gasteiger partial charge in [-0.25, -0.2) is 0 Å². The van der Waals surface area contributed by atoms with Gasteiger partial charge in [-0.2, -0.15) is 0 Å². The number of nitrogens with one attached hydrogen (secondary N) is 1. The number of anilines is 1. The number of nitrogen functional groups attached to an aromatic ring is 1. The van der Waals surface area contributed by atoms with Crippen molar-refractivity contribution in [1.82, 2.24) is 5.32 Å². The van der Waals surface area contributed by atoms with Gasteiger partial charge in [-0.15, -0.1) is 11.8 Å². The molecule has 0 radical (unpaired) electrons. The summed E-state index contributed by atoms with van der Waals surface area (Å²) in [5, 5.41) is 3.29. The predicted molar refractivity (Wildman–Crippen MR) is 74.5 cm³/mol.